The Morgan fingerprint density at radius 2 is 2.08 bits per heavy atom. The fraction of sp³-hybridized carbons (Fsp3) is 0.235. The zero-order valence-corrected chi connectivity index (χ0v) is 14.7. The molecular weight excluding hydrogens is 358 g/mol. The summed E-state index contributed by atoms with van der Waals surface area (Å²) in [7, 11) is 0. The van der Waals surface area contributed by atoms with Gasteiger partial charge in [0.1, 0.15) is 11.8 Å². The molecule has 0 aliphatic carbocycles. The molecule has 2 aromatic rings. The number of aromatic nitrogens is 1. The standard InChI is InChI=1S/C17H17N3O5S/c1-11-8-12(5-6-14(11)19-26(23)24)16(21)20-9-13(10-20)25-17(22)15-4-2-3-7-18-15/h2-8,13,19H,9-10H2,1H3,(H,23,24)/p-1. The van der Waals surface area contributed by atoms with Crippen LogP contribution in [-0.4, -0.2) is 49.7 Å². The predicted octanol–water partition coefficient (Wildman–Crippen LogP) is 1.28. The third-order valence-electron chi connectivity index (χ3n) is 3.95. The number of hydrogen-bond donors (Lipinski definition) is 1. The van der Waals surface area contributed by atoms with Gasteiger partial charge in [-0.05, 0) is 42.8 Å². The van der Waals surface area contributed by atoms with Gasteiger partial charge in [0.25, 0.3) is 5.91 Å². The Bertz CT molecular complexity index is 853. The molecule has 0 radical (unpaired) electrons. The number of amides is 1. The summed E-state index contributed by atoms with van der Waals surface area (Å²) >= 11 is -2.42. The average molecular weight is 374 g/mol. The first kappa shape index (κ1) is 18.0. The highest BCUT2D eigenvalue weighted by Gasteiger charge is 2.34. The summed E-state index contributed by atoms with van der Waals surface area (Å²) < 4.78 is 29.0. The molecule has 1 saturated heterocycles. The van der Waals surface area contributed by atoms with E-state index in [9.17, 15) is 18.4 Å². The lowest BCUT2D eigenvalue weighted by Crippen LogP contribution is -2.55. The van der Waals surface area contributed by atoms with Gasteiger partial charge in [-0.3, -0.25) is 9.00 Å². The molecular formula is C17H16N3O5S-. The lowest BCUT2D eigenvalue weighted by Gasteiger charge is -2.38. The number of likely N-dealkylation sites (tertiary alicyclic amines) is 1. The van der Waals surface area contributed by atoms with Gasteiger partial charge in [-0.2, -0.15) is 0 Å². The van der Waals surface area contributed by atoms with E-state index in [4.69, 9.17) is 4.74 Å². The minimum Gasteiger partial charge on any atom is -0.755 e. The van der Waals surface area contributed by atoms with Gasteiger partial charge in [0, 0.05) is 28.7 Å². The summed E-state index contributed by atoms with van der Waals surface area (Å²) in [5, 5.41) is 0. The first-order chi connectivity index (χ1) is 12.4. The third kappa shape index (κ3) is 4.06. The van der Waals surface area contributed by atoms with E-state index in [1.165, 1.54) is 12.3 Å². The van der Waals surface area contributed by atoms with Crippen LogP contribution in [0, 0.1) is 6.92 Å². The van der Waals surface area contributed by atoms with E-state index in [-0.39, 0.29) is 17.7 Å². The maximum absolute atomic E-state index is 12.4. The Hall–Kier alpha value is -2.78. The van der Waals surface area contributed by atoms with Crippen LogP contribution in [0.25, 0.3) is 0 Å². The van der Waals surface area contributed by atoms with Crippen molar-refractivity contribution in [2.24, 2.45) is 0 Å². The smallest absolute Gasteiger partial charge is 0.357 e. The van der Waals surface area contributed by atoms with Crippen LogP contribution in [0.1, 0.15) is 26.4 Å². The zero-order valence-electron chi connectivity index (χ0n) is 13.9. The molecule has 1 aliphatic heterocycles. The molecule has 0 saturated carbocycles. The molecule has 9 heteroatoms. The number of anilines is 1. The number of ether oxygens (including phenoxy) is 1. The van der Waals surface area contributed by atoms with E-state index in [0.29, 0.717) is 29.9 Å². The molecule has 1 fully saturated rings. The maximum atomic E-state index is 12.4. The number of aryl methyl sites for hydroxylation is 1. The number of pyridine rings is 1. The minimum absolute atomic E-state index is 0.201. The first-order valence-corrected chi connectivity index (χ1v) is 8.89. The third-order valence-corrected chi connectivity index (χ3v) is 4.34. The van der Waals surface area contributed by atoms with Crippen molar-refractivity contribution in [1.82, 2.24) is 9.88 Å². The number of rotatable bonds is 5. The number of nitrogens with one attached hydrogen (secondary N) is 1. The zero-order chi connectivity index (χ0) is 18.7. The first-order valence-electron chi connectivity index (χ1n) is 7.82. The lowest BCUT2D eigenvalue weighted by atomic mass is 10.1. The average Bonchev–Trinajstić information content (AvgIpc) is 2.59. The monoisotopic (exact) mass is 374 g/mol. The molecule has 1 aromatic carbocycles. The highest BCUT2D eigenvalue weighted by atomic mass is 32.2. The van der Waals surface area contributed by atoms with Crippen LogP contribution in [-0.2, 0) is 16.0 Å². The molecule has 3 rings (SSSR count). The normalized spacial score (nSPS) is 15.1. The SMILES string of the molecule is Cc1cc(C(=O)N2CC(OC(=O)c3ccccn3)C2)ccc1NS(=O)[O-]. The molecule has 136 valence electrons. The molecule has 0 spiro atoms. The summed E-state index contributed by atoms with van der Waals surface area (Å²) in [5.74, 6) is -0.715. The number of carbonyl (C=O) groups is 2. The van der Waals surface area contributed by atoms with Crippen LogP contribution in [0.4, 0.5) is 5.69 Å². The number of carbonyl (C=O) groups excluding carboxylic acids is 2. The van der Waals surface area contributed by atoms with Crippen LogP contribution in [0.15, 0.2) is 42.6 Å². The Kier molecular flexibility index (Phi) is 5.29. The van der Waals surface area contributed by atoms with E-state index >= 15 is 0 Å². The largest absolute Gasteiger partial charge is 0.755 e. The van der Waals surface area contributed by atoms with Gasteiger partial charge < -0.3 is 18.9 Å². The molecule has 1 atom stereocenters. The van der Waals surface area contributed by atoms with Crippen LogP contribution in [0.5, 0.6) is 0 Å². The van der Waals surface area contributed by atoms with E-state index in [1.807, 2.05) is 0 Å². The minimum atomic E-state index is -2.42. The fourth-order valence-electron chi connectivity index (χ4n) is 2.56. The number of hydrogen-bond acceptors (Lipinski definition) is 6. The van der Waals surface area contributed by atoms with Gasteiger partial charge in [-0.15, -0.1) is 0 Å². The Balaban J connectivity index is 1.55. The van der Waals surface area contributed by atoms with Crippen molar-refractivity contribution in [3.63, 3.8) is 0 Å². The van der Waals surface area contributed by atoms with E-state index < -0.39 is 17.2 Å². The second kappa shape index (κ2) is 7.63. The highest BCUT2D eigenvalue weighted by Crippen LogP contribution is 2.21. The van der Waals surface area contributed by atoms with E-state index in [0.717, 1.165) is 0 Å². The van der Waals surface area contributed by atoms with Gasteiger partial charge in [-0.25, -0.2) is 9.78 Å². The van der Waals surface area contributed by atoms with Crippen molar-refractivity contribution >= 4 is 28.8 Å². The van der Waals surface area contributed by atoms with Crippen molar-refractivity contribution in [3.05, 3.63) is 59.4 Å². The lowest BCUT2D eigenvalue weighted by molar-refractivity contribution is -0.0238. The molecule has 1 aliphatic rings. The van der Waals surface area contributed by atoms with Gasteiger partial charge in [0.15, 0.2) is 0 Å². The Morgan fingerprint density at radius 3 is 2.69 bits per heavy atom. The van der Waals surface area contributed by atoms with E-state index in [1.54, 1.807) is 42.2 Å². The second-order valence-electron chi connectivity index (χ2n) is 5.82. The summed E-state index contributed by atoms with van der Waals surface area (Å²) in [6, 6.07) is 9.68. The fourth-order valence-corrected chi connectivity index (χ4v) is 2.97. The molecule has 8 nitrogen and oxygen atoms in total. The van der Waals surface area contributed by atoms with Crippen molar-refractivity contribution in [3.8, 4) is 0 Å². The molecule has 1 amide bonds. The highest BCUT2D eigenvalue weighted by molar-refractivity contribution is 7.80. The van der Waals surface area contributed by atoms with Crippen LogP contribution >= 0.6 is 0 Å². The quantitative estimate of drug-likeness (QED) is 0.623. The molecule has 1 N–H and O–H groups in total. The van der Waals surface area contributed by atoms with Gasteiger partial charge in [0.2, 0.25) is 0 Å². The summed E-state index contributed by atoms with van der Waals surface area (Å²) in [4.78, 5) is 29.8. The van der Waals surface area contributed by atoms with Crippen molar-refractivity contribution in [2.75, 3.05) is 17.8 Å². The topological polar surface area (TPSA) is 112 Å². The molecule has 2 heterocycles. The van der Waals surface area contributed by atoms with Crippen molar-refractivity contribution < 1.29 is 23.1 Å². The van der Waals surface area contributed by atoms with Crippen LogP contribution < -0.4 is 4.72 Å². The van der Waals surface area contributed by atoms with Crippen LogP contribution in [0.3, 0.4) is 0 Å². The molecule has 0 bridgehead atoms. The predicted molar refractivity (Wildman–Crippen MR) is 93.1 cm³/mol. The summed E-state index contributed by atoms with van der Waals surface area (Å²) in [6.07, 6.45) is 1.15. The number of benzene rings is 1. The molecule has 26 heavy (non-hydrogen) atoms. The Morgan fingerprint density at radius 1 is 1.31 bits per heavy atom. The van der Waals surface area contributed by atoms with Crippen molar-refractivity contribution in [1.29, 1.82) is 0 Å². The van der Waals surface area contributed by atoms with Crippen molar-refractivity contribution in [2.45, 2.75) is 13.0 Å². The second-order valence-corrected chi connectivity index (χ2v) is 6.49. The summed E-state index contributed by atoms with van der Waals surface area (Å²) in [6.45, 7) is 2.32. The summed E-state index contributed by atoms with van der Waals surface area (Å²) in [5.41, 5.74) is 1.73. The molecule has 1 aromatic heterocycles. The molecule has 1 unspecified atom stereocenters. The van der Waals surface area contributed by atoms with Gasteiger partial charge in [0.05, 0.1) is 13.1 Å². The van der Waals surface area contributed by atoms with Gasteiger partial charge in [-0.1, -0.05) is 6.07 Å². The van der Waals surface area contributed by atoms with Gasteiger partial charge >= 0.3 is 5.97 Å². The number of esters is 1. The Labute approximate surface area is 152 Å². The number of nitrogens with zero attached hydrogens (tertiary/aromatic N) is 2. The maximum Gasteiger partial charge on any atom is 0.357 e. The van der Waals surface area contributed by atoms with Crippen LogP contribution in [0.2, 0.25) is 0 Å². The van der Waals surface area contributed by atoms with E-state index in [2.05, 4.69) is 9.71 Å².